The monoisotopic (exact) mass is 282 g/mol. The van der Waals surface area contributed by atoms with Crippen LogP contribution in [0.5, 0.6) is 0 Å². The number of carbonyl (C=O) groups is 1. The molecule has 4 heteroatoms. The van der Waals surface area contributed by atoms with E-state index in [1.54, 1.807) is 24.3 Å². The second-order valence-electron chi connectivity index (χ2n) is 3.64. The van der Waals surface area contributed by atoms with Crippen LogP contribution in [0.25, 0.3) is 0 Å². The first kappa shape index (κ1) is 12.8. The van der Waals surface area contributed by atoms with Crippen molar-refractivity contribution in [2.45, 2.75) is 19.4 Å². The van der Waals surface area contributed by atoms with Gasteiger partial charge in [0.15, 0.2) is 0 Å². The minimum atomic E-state index is -0.102. The highest BCUT2D eigenvalue weighted by Crippen LogP contribution is 2.20. The lowest BCUT2D eigenvalue weighted by Crippen LogP contribution is -2.32. The highest BCUT2D eigenvalue weighted by molar-refractivity contribution is 9.10. The Labute approximate surface area is 104 Å². The number of anilines is 1. The summed E-state index contributed by atoms with van der Waals surface area (Å²) in [6, 6.07) is 5.21. The zero-order valence-electron chi connectivity index (χ0n) is 9.16. The fourth-order valence-electron chi connectivity index (χ4n) is 1.28. The van der Waals surface area contributed by atoms with Crippen molar-refractivity contribution in [3.8, 4) is 0 Å². The fourth-order valence-corrected chi connectivity index (χ4v) is 1.66. The molecule has 0 aliphatic carbocycles. The van der Waals surface area contributed by atoms with Gasteiger partial charge in [0.1, 0.15) is 0 Å². The third kappa shape index (κ3) is 3.38. The lowest BCUT2D eigenvalue weighted by molar-refractivity contribution is 0.0940. The fraction of sp³-hybridized carbons (Fsp3) is 0.250. The van der Waals surface area contributed by atoms with E-state index in [0.717, 1.165) is 10.9 Å². The predicted molar refractivity (Wildman–Crippen MR) is 70.3 cm³/mol. The lowest BCUT2D eigenvalue weighted by Gasteiger charge is -2.12. The van der Waals surface area contributed by atoms with Gasteiger partial charge in [0, 0.05) is 21.8 Å². The molecule has 0 aromatic heterocycles. The molecule has 16 heavy (non-hydrogen) atoms. The number of benzene rings is 1. The van der Waals surface area contributed by atoms with E-state index in [1.807, 2.05) is 6.92 Å². The van der Waals surface area contributed by atoms with Gasteiger partial charge in [-0.2, -0.15) is 0 Å². The van der Waals surface area contributed by atoms with Crippen LogP contribution in [-0.4, -0.2) is 11.9 Å². The molecular formula is C12H15BrN2O. The molecule has 0 heterocycles. The van der Waals surface area contributed by atoms with Crippen molar-refractivity contribution in [1.82, 2.24) is 5.32 Å². The lowest BCUT2D eigenvalue weighted by atomic mass is 10.1. The number of rotatable bonds is 4. The summed E-state index contributed by atoms with van der Waals surface area (Å²) < 4.78 is 0.733. The molecule has 3 nitrogen and oxygen atoms in total. The molecule has 1 unspecified atom stereocenters. The number of hydrogen-bond acceptors (Lipinski definition) is 2. The smallest absolute Gasteiger partial charge is 0.251 e. The minimum Gasteiger partial charge on any atom is -0.398 e. The van der Waals surface area contributed by atoms with Crippen LogP contribution in [-0.2, 0) is 0 Å². The van der Waals surface area contributed by atoms with Crippen LogP contribution < -0.4 is 11.1 Å². The third-order valence-corrected chi connectivity index (χ3v) is 2.85. The van der Waals surface area contributed by atoms with Crippen LogP contribution in [0.1, 0.15) is 23.7 Å². The predicted octanol–water partition coefficient (Wildman–Crippen LogP) is 2.73. The van der Waals surface area contributed by atoms with Gasteiger partial charge in [0.2, 0.25) is 0 Å². The van der Waals surface area contributed by atoms with Gasteiger partial charge < -0.3 is 11.1 Å². The summed E-state index contributed by atoms with van der Waals surface area (Å²) in [4.78, 5) is 11.8. The SMILES string of the molecule is C=CCC(C)NC(=O)c1ccc(N)c(Br)c1. The molecule has 3 N–H and O–H groups in total. The normalized spacial score (nSPS) is 11.9. The largest absolute Gasteiger partial charge is 0.398 e. The number of carbonyl (C=O) groups excluding carboxylic acids is 1. The molecule has 86 valence electrons. The van der Waals surface area contributed by atoms with Crippen LogP contribution in [0.4, 0.5) is 5.69 Å². The van der Waals surface area contributed by atoms with Crippen LogP contribution in [0, 0.1) is 0 Å². The van der Waals surface area contributed by atoms with Crippen molar-refractivity contribution in [1.29, 1.82) is 0 Å². The first-order valence-corrected chi connectivity index (χ1v) is 5.80. The van der Waals surface area contributed by atoms with Gasteiger partial charge in [-0.15, -0.1) is 6.58 Å². The number of nitrogens with one attached hydrogen (secondary N) is 1. The summed E-state index contributed by atoms with van der Waals surface area (Å²) in [6.45, 7) is 5.57. The molecule has 0 aliphatic rings. The van der Waals surface area contributed by atoms with Crippen molar-refractivity contribution < 1.29 is 4.79 Å². The van der Waals surface area contributed by atoms with Crippen LogP contribution in [0.15, 0.2) is 35.3 Å². The maximum atomic E-state index is 11.8. The maximum Gasteiger partial charge on any atom is 0.251 e. The number of hydrogen-bond donors (Lipinski definition) is 2. The highest BCUT2D eigenvalue weighted by atomic mass is 79.9. The van der Waals surface area contributed by atoms with E-state index in [2.05, 4.69) is 27.8 Å². The summed E-state index contributed by atoms with van der Waals surface area (Å²) in [5, 5.41) is 2.87. The Morgan fingerprint density at radius 2 is 2.38 bits per heavy atom. The Morgan fingerprint density at radius 1 is 1.69 bits per heavy atom. The van der Waals surface area contributed by atoms with Crippen molar-refractivity contribution in [2.75, 3.05) is 5.73 Å². The van der Waals surface area contributed by atoms with Crippen molar-refractivity contribution in [3.05, 3.63) is 40.9 Å². The topological polar surface area (TPSA) is 55.1 Å². The van der Waals surface area contributed by atoms with Gasteiger partial charge in [0.25, 0.3) is 5.91 Å². The Kier molecular flexibility index (Phi) is 4.55. The minimum absolute atomic E-state index is 0.0846. The first-order valence-electron chi connectivity index (χ1n) is 5.01. The maximum absolute atomic E-state index is 11.8. The second kappa shape index (κ2) is 5.70. The van der Waals surface area contributed by atoms with Crippen molar-refractivity contribution >= 4 is 27.5 Å². The molecule has 0 bridgehead atoms. The molecule has 1 atom stereocenters. The van der Waals surface area contributed by atoms with Crippen LogP contribution in [0.3, 0.4) is 0 Å². The molecular weight excluding hydrogens is 268 g/mol. The molecule has 0 saturated heterocycles. The van der Waals surface area contributed by atoms with E-state index < -0.39 is 0 Å². The van der Waals surface area contributed by atoms with E-state index in [-0.39, 0.29) is 11.9 Å². The van der Waals surface area contributed by atoms with Crippen molar-refractivity contribution in [2.24, 2.45) is 0 Å². The molecule has 1 amide bonds. The quantitative estimate of drug-likeness (QED) is 0.659. The third-order valence-electron chi connectivity index (χ3n) is 2.16. The molecule has 0 spiro atoms. The van der Waals surface area contributed by atoms with Gasteiger partial charge in [0.05, 0.1) is 0 Å². The first-order chi connectivity index (χ1) is 7.54. The molecule has 1 aromatic carbocycles. The summed E-state index contributed by atoms with van der Waals surface area (Å²) in [5.74, 6) is -0.102. The molecule has 0 saturated carbocycles. The number of nitrogen functional groups attached to an aromatic ring is 1. The number of halogens is 1. The Balaban J connectivity index is 2.73. The van der Waals surface area contributed by atoms with E-state index in [0.29, 0.717) is 11.3 Å². The summed E-state index contributed by atoms with van der Waals surface area (Å²) in [5.41, 5.74) is 6.86. The zero-order chi connectivity index (χ0) is 12.1. The summed E-state index contributed by atoms with van der Waals surface area (Å²) >= 11 is 3.29. The Morgan fingerprint density at radius 3 is 2.94 bits per heavy atom. The van der Waals surface area contributed by atoms with E-state index in [9.17, 15) is 4.79 Å². The molecule has 0 aliphatic heterocycles. The Hall–Kier alpha value is -1.29. The zero-order valence-corrected chi connectivity index (χ0v) is 10.8. The van der Waals surface area contributed by atoms with Gasteiger partial charge in [-0.1, -0.05) is 6.08 Å². The molecule has 0 fully saturated rings. The van der Waals surface area contributed by atoms with Gasteiger partial charge >= 0.3 is 0 Å². The van der Waals surface area contributed by atoms with Gasteiger partial charge in [-0.3, -0.25) is 4.79 Å². The second-order valence-corrected chi connectivity index (χ2v) is 4.49. The van der Waals surface area contributed by atoms with Crippen molar-refractivity contribution in [3.63, 3.8) is 0 Å². The summed E-state index contributed by atoms with van der Waals surface area (Å²) in [7, 11) is 0. The molecule has 1 rings (SSSR count). The standard InChI is InChI=1S/C12H15BrN2O/c1-3-4-8(2)15-12(16)9-5-6-11(14)10(13)7-9/h3,5-8H,1,4,14H2,2H3,(H,15,16). The van der Waals surface area contributed by atoms with E-state index >= 15 is 0 Å². The van der Waals surface area contributed by atoms with E-state index in [1.165, 1.54) is 0 Å². The van der Waals surface area contributed by atoms with Gasteiger partial charge in [-0.05, 0) is 47.5 Å². The average Bonchev–Trinajstić information content (AvgIpc) is 2.22. The highest BCUT2D eigenvalue weighted by Gasteiger charge is 2.09. The number of amides is 1. The van der Waals surface area contributed by atoms with Crippen LogP contribution >= 0.6 is 15.9 Å². The number of nitrogens with two attached hydrogens (primary N) is 1. The van der Waals surface area contributed by atoms with Gasteiger partial charge in [-0.25, -0.2) is 0 Å². The summed E-state index contributed by atoms with van der Waals surface area (Å²) in [6.07, 6.45) is 2.53. The Bertz CT molecular complexity index is 404. The molecule has 0 radical (unpaired) electrons. The van der Waals surface area contributed by atoms with Crippen LogP contribution in [0.2, 0.25) is 0 Å². The van der Waals surface area contributed by atoms with E-state index in [4.69, 9.17) is 5.73 Å². The average molecular weight is 283 g/mol. The molecule has 1 aromatic rings.